The molecule has 3 aromatic carbocycles. The molecule has 0 fully saturated rings. The van der Waals surface area contributed by atoms with E-state index >= 15 is 0 Å². The first-order valence-electron chi connectivity index (χ1n) is 8.63. The van der Waals surface area contributed by atoms with Gasteiger partial charge in [-0.25, -0.2) is 0 Å². The van der Waals surface area contributed by atoms with Crippen LogP contribution in [0.1, 0.15) is 28.4 Å². The van der Waals surface area contributed by atoms with E-state index in [1.807, 2.05) is 12.1 Å². The molecule has 0 saturated carbocycles. The highest BCUT2D eigenvalue weighted by Crippen LogP contribution is 2.25. The maximum atomic E-state index is 12.9. The van der Waals surface area contributed by atoms with Crippen molar-refractivity contribution in [3.63, 3.8) is 0 Å². The number of hydrogen-bond donors (Lipinski definition) is 2. The first kappa shape index (κ1) is 19.4. The van der Waals surface area contributed by atoms with Crippen LogP contribution in [0.5, 0.6) is 0 Å². The van der Waals surface area contributed by atoms with Gasteiger partial charge in [0.05, 0.1) is 11.3 Å². The number of hydrogen-bond acceptors (Lipinski definition) is 3. The Labute approximate surface area is 168 Å². The number of rotatable bonds is 5. The molecule has 0 aromatic heterocycles. The minimum Gasteiger partial charge on any atom is -0.507 e. The van der Waals surface area contributed by atoms with Crippen molar-refractivity contribution in [1.82, 2.24) is 0 Å². The first-order valence-corrected chi connectivity index (χ1v) is 9.01. The van der Waals surface area contributed by atoms with E-state index in [1.54, 1.807) is 60.7 Å². The number of halogens is 1. The van der Waals surface area contributed by atoms with E-state index in [1.165, 1.54) is 13.0 Å². The summed E-state index contributed by atoms with van der Waals surface area (Å²) in [5, 5.41) is 13.5. The number of aliphatic hydroxyl groups is 1. The van der Waals surface area contributed by atoms with Gasteiger partial charge in [-0.05, 0) is 25.1 Å². The molecule has 4 nitrogen and oxygen atoms in total. The zero-order chi connectivity index (χ0) is 20.1. The number of anilines is 1. The lowest BCUT2D eigenvalue weighted by Crippen LogP contribution is -2.17. The fraction of sp³-hybridized carbons (Fsp3) is 0.0435. The third-order valence-electron chi connectivity index (χ3n) is 4.25. The monoisotopic (exact) mass is 391 g/mol. The average molecular weight is 392 g/mol. The lowest BCUT2D eigenvalue weighted by molar-refractivity contribution is -0.112. The molecule has 0 radical (unpaired) electrons. The van der Waals surface area contributed by atoms with Gasteiger partial charge in [0.15, 0.2) is 5.78 Å². The molecular weight excluding hydrogens is 374 g/mol. The van der Waals surface area contributed by atoms with E-state index in [2.05, 4.69) is 5.32 Å². The molecule has 0 aliphatic rings. The Hall–Kier alpha value is -3.37. The van der Waals surface area contributed by atoms with Gasteiger partial charge in [0, 0.05) is 21.7 Å². The SMILES string of the molecule is C/C(C(=O)Nc1ccc(Cl)cc1C(=O)c1ccccc1)=C(\O)c1ccccc1. The molecule has 0 heterocycles. The second-order valence-electron chi connectivity index (χ2n) is 6.18. The van der Waals surface area contributed by atoms with Gasteiger partial charge in [0.25, 0.3) is 5.91 Å². The van der Waals surface area contributed by atoms with Crippen LogP contribution in [0.25, 0.3) is 5.76 Å². The maximum absolute atomic E-state index is 12.9. The largest absolute Gasteiger partial charge is 0.507 e. The summed E-state index contributed by atoms with van der Waals surface area (Å²) < 4.78 is 0. The van der Waals surface area contributed by atoms with Crippen LogP contribution >= 0.6 is 11.6 Å². The molecule has 0 bridgehead atoms. The molecule has 28 heavy (non-hydrogen) atoms. The predicted octanol–water partition coefficient (Wildman–Crippen LogP) is 5.50. The number of carbonyl (C=O) groups excluding carboxylic acids is 2. The molecule has 140 valence electrons. The van der Waals surface area contributed by atoms with Crippen molar-refractivity contribution in [1.29, 1.82) is 0 Å². The number of nitrogens with one attached hydrogen (secondary N) is 1. The molecule has 5 heteroatoms. The molecule has 2 N–H and O–H groups in total. The lowest BCUT2D eigenvalue weighted by Gasteiger charge is -2.12. The zero-order valence-corrected chi connectivity index (χ0v) is 15.9. The molecule has 0 unspecified atom stereocenters. The standard InChI is InChI=1S/C23H18ClNO3/c1-15(21(26)16-8-4-2-5-9-16)23(28)25-20-13-12-18(24)14-19(20)22(27)17-10-6-3-7-11-17/h2-14,26H,1H3,(H,25,28)/b21-15+. The predicted molar refractivity (Wildman–Crippen MR) is 112 cm³/mol. The molecule has 0 aliphatic carbocycles. The van der Waals surface area contributed by atoms with Crippen LogP contribution < -0.4 is 5.32 Å². The van der Waals surface area contributed by atoms with E-state index in [-0.39, 0.29) is 22.7 Å². The Morgan fingerprint density at radius 1 is 0.857 bits per heavy atom. The topological polar surface area (TPSA) is 66.4 Å². The lowest BCUT2D eigenvalue weighted by atomic mass is 10.0. The van der Waals surface area contributed by atoms with E-state index < -0.39 is 5.91 Å². The average Bonchev–Trinajstić information content (AvgIpc) is 2.74. The van der Waals surface area contributed by atoms with E-state index in [9.17, 15) is 14.7 Å². The third-order valence-corrected chi connectivity index (χ3v) is 4.49. The second-order valence-corrected chi connectivity index (χ2v) is 6.62. The fourth-order valence-corrected chi connectivity index (χ4v) is 2.87. The van der Waals surface area contributed by atoms with Gasteiger partial charge in [-0.1, -0.05) is 72.3 Å². The minimum atomic E-state index is -0.509. The molecular formula is C23H18ClNO3. The van der Waals surface area contributed by atoms with Crippen molar-refractivity contribution in [3.05, 3.63) is 106 Å². The van der Waals surface area contributed by atoms with Gasteiger partial charge < -0.3 is 10.4 Å². The zero-order valence-electron chi connectivity index (χ0n) is 15.1. The van der Waals surface area contributed by atoms with Crippen LogP contribution in [0.3, 0.4) is 0 Å². The summed E-state index contributed by atoms with van der Waals surface area (Å²) >= 11 is 6.06. The first-order chi connectivity index (χ1) is 13.5. The summed E-state index contributed by atoms with van der Waals surface area (Å²) in [7, 11) is 0. The highest BCUT2D eigenvalue weighted by Gasteiger charge is 2.18. The van der Waals surface area contributed by atoms with Gasteiger partial charge in [0.2, 0.25) is 0 Å². The van der Waals surface area contributed by atoms with Crippen molar-refractivity contribution >= 4 is 34.7 Å². The third kappa shape index (κ3) is 4.30. The van der Waals surface area contributed by atoms with Crippen LogP contribution in [-0.2, 0) is 4.79 Å². The smallest absolute Gasteiger partial charge is 0.255 e. The Morgan fingerprint density at radius 3 is 2.04 bits per heavy atom. The van der Waals surface area contributed by atoms with Gasteiger partial charge in [-0.15, -0.1) is 0 Å². The van der Waals surface area contributed by atoms with Crippen LogP contribution in [0.2, 0.25) is 5.02 Å². The fourth-order valence-electron chi connectivity index (χ4n) is 2.69. The highest BCUT2D eigenvalue weighted by molar-refractivity contribution is 6.31. The van der Waals surface area contributed by atoms with Crippen molar-refractivity contribution < 1.29 is 14.7 Å². The molecule has 0 spiro atoms. The van der Waals surface area contributed by atoms with Crippen molar-refractivity contribution in [2.75, 3.05) is 5.32 Å². The van der Waals surface area contributed by atoms with Crippen molar-refractivity contribution in [2.24, 2.45) is 0 Å². The molecule has 0 atom stereocenters. The summed E-state index contributed by atoms with van der Waals surface area (Å²) in [6, 6.07) is 22.2. The van der Waals surface area contributed by atoms with Gasteiger partial charge >= 0.3 is 0 Å². The molecule has 0 aliphatic heterocycles. The van der Waals surface area contributed by atoms with Gasteiger partial charge in [-0.3, -0.25) is 9.59 Å². The molecule has 3 aromatic rings. The Morgan fingerprint density at radius 2 is 1.43 bits per heavy atom. The summed E-state index contributed by atoms with van der Waals surface area (Å²) in [5.74, 6) is -0.888. The minimum absolute atomic E-state index is 0.122. The van der Waals surface area contributed by atoms with Crippen LogP contribution in [0, 0.1) is 0 Å². The maximum Gasteiger partial charge on any atom is 0.255 e. The number of amides is 1. The van der Waals surface area contributed by atoms with Crippen LogP contribution in [0.4, 0.5) is 5.69 Å². The normalized spacial score (nSPS) is 11.5. The van der Waals surface area contributed by atoms with Gasteiger partial charge in [-0.2, -0.15) is 0 Å². The van der Waals surface area contributed by atoms with Gasteiger partial charge in [0.1, 0.15) is 5.76 Å². The van der Waals surface area contributed by atoms with Crippen molar-refractivity contribution in [3.8, 4) is 0 Å². The van der Waals surface area contributed by atoms with Crippen LogP contribution in [-0.4, -0.2) is 16.8 Å². The number of carbonyl (C=O) groups is 2. The molecule has 1 amide bonds. The van der Waals surface area contributed by atoms with E-state index in [4.69, 9.17) is 11.6 Å². The molecule has 3 rings (SSSR count). The van der Waals surface area contributed by atoms with Crippen LogP contribution in [0.15, 0.2) is 84.4 Å². The Kier molecular flexibility index (Phi) is 5.92. The quantitative estimate of drug-likeness (QED) is 0.343. The summed E-state index contributed by atoms with van der Waals surface area (Å²) in [4.78, 5) is 25.5. The Bertz CT molecular complexity index is 1040. The summed E-state index contributed by atoms with van der Waals surface area (Å²) in [6.07, 6.45) is 0. The Balaban J connectivity index is 1.92. The summed E-state index contributed by atoms with van der Waals surface area (Å²) in [5.41, 5.74) is 1.76. The highest BCUT2D eigenvalue weighted by atomic mass is 35.5. The summed E-state index contributed by atoms with van der Waals surface area (Å²) in [6.45, 7) is 1.52. The number of ketones is 1. The molecule has 0 saturated heterocycles. The van der Waals surface area contributed by atoms with E-state index in [0.29, 0.717) is 21.8 Å². The number of aliphatic hydroxyl groups excluding tert-OH is 1. The number of benzene rings is 3. The van der Waals surface area contributed by atoms with E-state index in [0.717, 1.165) is 0 Å². The van der Waals surface area contributed by atoms with Crippen molar-refractivity contribution in [2.45, 2.75) is 6.92 Å². The second kappa shape index (κ2) is 8.55.